The van der Waals surface area contributed by atoms with Gasteiger partial charge in [0.05, 0.1) is 18.2 Å². The summed E-state index contributed by atoms with van der Waals surface area (Å²) in [5.41, 5.74) is 1.21. The van der Waals surface area contributed by atoms with Gasteiger partial charge in [0.1, 0.15) is 12.3 Å². The molecule has 0 aliphatic rings. The van der Waals surface area contributed by atoms with Crippen LogP contribution in [0.5, 0.6) is 5.75 Å². The maximum atomic E-state index is 12.7. The van der Waals surface area contributed by atoms with E-state index < -0.39 is 0 Å². The highest BCUT2D eigenvalue weighted by Gasteiger charge is 2.16. The third kappa shape index (κ3) is 3.95. The number of carbonyl (C=O) groups excluding carboxylic acids is 1. The fourth-order valence-corrected chi connectivity index (χ4v) is 3.17. The number of rotatable bonds is 5. The molecule has 0 atom stereocenters. The Labute approximate surface area is 161 Å². The smallest absolute Gasteiger partial charge is 0.275 e. The number of amides is 1. The van der Waals surface area contributed by atoms with E-state index in [2.05, 4.69) is 5.10 Å². The summed E-state index contributed by atoms with van der Waals surface area (Å²) in [6.07, 6.45) is 0. The molecule has 0 fully saturated rings. The third-order valence-corrected chi connectivity index (χ3v) is 4.65. The molecule has 0 N–H and O–H groups in total. The largest absolute Gasteiger partial charge is 0.496 e. The number of likely N-dealkylation sites (N-methyl/N-ethyl adjacent to an activating group) is 1. The molecule has 1 heterocycles. The van der Waals surface area contributed by atoms with Gasteiger partial charge in [-0.25, -0.2) is 4.68 Å². The molecule has 1 amide bonds. The van der Waals surface area contributed by atoms with Gasteiger partial charge in [-0.1, -0.05) is 29.8 Å². The van der Waals surface area contributed by atoms with Crippen LogP contribution in [0.2, 0.25) is 5.02 Å². The molecule has 0 bridgehead atoms. The number of methoxy groups -OCH3 is 1. The molecular weight excluding hydrogens is 366 g/mol. The number of fused-ring (bicyclic) bond motifs is 1. The minimum Gasteiger partial charge on any atom is -0.496 e. The van der Waals surface area contributed by atoms with Crippen molar-refractivity contribution in [3.05, 3.63) is 69.1 Å². The fraction of sp³-hybridized carbons (Fsp3) is 0.250. The molecule has 3 aromatic rings. The summed E-state index contributed by atoms with van der Waals surface area (Å²) in [6.45, 7) is 2.00. The molecule has 7 heteroatoms. The Hall–Kier alpha value is -2.86. The molecular formula is C20H20ClN3O3. The predicted molar refractivity (Wildman–Crippen MR) is 105 cm³/mol. The normalized spacial score (nSPS) is 10.8. The van der Waals surface area contributed by atoms with E-state index in [4.69, 9.17) is 16.3 Å². The molecule has 0 aliphatic heterocycles. The lowest BCUT2D eigenvalue weighted by Crippen LogP contribution is -2.35. The van der Waals surface area contributed by atoms with Gasteiger partial charge in [-0.2, -0.15) is 5.10 Å². The number of carbonyl (C=O) groups is 1. The van der Waals surface area contributed by atoms with Gasteiger partial charge in [-0.3, -0.25) is 9.59 Å². The number of nitrogens with zero attached hydrogens (tertiary/aromatic N) is 3. The zero-order valence-corrected chi connectivity index (χ0v) is 16.2. The molecule has 0 unspecified atom stereocenters. The van der Waals surface area contributed by atoms with Gasteiger partial charge in [0.25, 0.3) is 5.56 Å². The van der Waals surface area contributed by atoms with Gasteiger partial charge >= 0.3 is 0 Å². The van der Waals surface area contributed by atoms with Gasteiger partial charge in [0.15, 0.2) is 0 Å². The minimum absolute atomic E-state index is 0.135. The van der Waals surface area contributed by atoms with Crippen molar-refractivity contribution in [3.63, 3.8) is 0 Å². The molecule has 0 saturated carbocycles. The maximum Gasteiger partial charge on any atom is 0.275 e. The molecule has 27 heavy (non-hydrogen) atoms. The van der Waals surface area contributed by atoms with E-state index in [1.807, 2.05) is 19.1 Å². The van der Waals surface area contributed by atoms with E-state index in [9.17, 15) is 9.59 Å². The van der Waals surface area contributed by atoms with Crippen molar-refractivity contribution in [2.45, 2.75) is 20.0 Å². The number of aryl methyl sites for hydroxylation is 1. The molecule has 140 valence electrons. The second kappa shape index (κ2) is 7.80. The molecule has 1 aromatic heterocycles. The zero-order valence-electron chi connectivity index (χ0n) is 15.4. The summed E-state index contributed by atoms with van der Waals surface area (Å²) in [4.78, 5) is 26.8. The average molecular weight is 386 g/mol. The van der Waals surface area contributed by atoms with E-state index in [1.165, 1.54) is 9.58 Å². The Bertz CT molecular complexity index is 1060. The Balaban J connectivity index is 1.83. The average Bonchev–Trinajstić information content (AvgIpc) is 2.66. The van der Waals surface area contributed by atoms with Crippen LogP contribution in [0.3, 0.4) is 0 Å². The monoisotopic (exact) mass is 385 g/mol. The number of hydrogen-bond donors (Lipinski definition) is 0. The number of aromatic nitrogens is 2. The van der Waals surface area contributed by atoms with Crippen molar-refractivity contribution in [1.82, 2.24) is 14.7 Å². The highest BCUT2D eigenvalue weighted by Crippen LogP contribution is 2.23. The lowest BCUT2D eigenvalue weighted by atomic mass is 10.1. The van der Waals surface area contributed by atoms with E-state index in [1.54, 1.807) is 44.5 Å². The zero-order chi connectivity index (χ0) is 19.6. The molecule has 0 radical (unpaired) electrons. The van der Waals surface area contributed by atoms with Gasteiger partial charge < -0.3 is 9.64 Å². The second-order valence-electron chi connectivity index (χ2n) is 6.30. The van der Waals surface area contributed by atoms with Crippen molar-refractivity contribution in [1.29, 1.82) is 0 Å². The highest BCUT2D eigenvalue weighted by molar-refractivity contribution is 6.30. The van der Waals surface area contributed by atoms with Crippen LogP contribution in [0.15, 0.2) is 47.3 Å². The Morgan fingerprint density at radius 2 is 1.93 bits per heavy atom. The van der Waals surface area contributed by atoms with Crippen LogP contribution in [0.25, 0.3) is 10.8 Å². The number of ether oxygens (including phenoxy) is 1. The first-order valence-electron chi connectivity index (χ1n) is 8.43. The molecule has 0 saturated heterocycles. The number of halogens is 1. The maximum absolute atomic E-state index is 12.7. The van der Waals surface area contributed by atoms with Crippen LogP contribution < -0.4 is 10.3 Å². The Morgan fingerprint density at radius 1 is 1.22 bits per heavy atom. The predicted octanol–water partition coefficient (Wildman–Crippen LogP) is 3.03. The fourth-order valence-electron chi connectivity index (χ4n) is 2.97. The first-order chi connectivity index (χ1) is 12.9. The number of hydrogen-bond acceptors (Lipinski definition) is 4. The van der Waals surface area contributed by atoms with Crippen LogP contribution in [0.4, 0.5) is 0 Å². The van der Waals surface area contributed by atoms with Crippen LogP contribution in [0.1, 0.15) is 11.3 Å². The molecule has 2 aromatic carbocycles. The highest BCUT2D eigenvalue weighted by atomic mass is 35.5. The van der Waals surface area contributed by atoms with Gasteiger partial charge in [0.2, 0.25) is 5.91 Å². The minimum atomic E-state index is -0.279. The molecule has 6 nitrogen and oxygen atoms in total. The van der Waals surface area contributed by atoms with Crippen LogP contribution >= 0.6 is 11.6 Å². The standard InChI is InChI=1S/C20H20ClN3O3/c1-13-16-6-4-5-7-17(16)20(26)24(22-13)12-19(25)23(2)11-14-10-15(21)8-9-18(14)27-3/h4-10H,11-12H2,1-3H3. The third-order valence-electron chi connectivity index (χ3n) is 4.41. The second-order valence-corrected chi connectivity index (χ2v) is 6.74. The van der Waals surface area contributed by atoms with Crippen LogP contribution in [-0.2, 0) is 17.9 Å². The molecule has 0 spiro atoms. The van der Waals surface area contributed by atoms with Crippen LogP contribution in [0, 0.1) is 6.92 Å². The van der Waals surface area contributed by atoms with Crippen molar-refractivity contribution in [3.8, 4) is 5.75 Å². The molecule has 3 rings (SSSR count). The van der Waals surface area contributed by atoms with E-state index >= 15 is 0 Å². The Morgan fingerprint density at radius 3 is 2.63 bits per heavy atom. The van der Waals surface area contributed by atoms with Gasteiger partial charge in [0, 0.05) is 29.6 Å². The Kier molecular flexibility index (Phi) is 5.46. The molecule has 0 aliphatic carbocycles. The van der Waals surface area contributed by atoms with Crippen molar-refractivity contribution in [2.75, 3.05) is 14.2 Å². The summed E-state index contributed by atoms with van der Waals surface area (Å²) in [7, 11) is 3.23. The summed E-state index contributed by atoms with van der Waals surface area (Å²) >= 11 is 6.05. The first-order valence-corrected chi connectivity index (χ1v) is 8.81. The van der Waals surface area contributed by atoms with E-state index in [0.29, 0.717) is 28.4 Å². The quantitative estimate of drug-likeness (QED) is 0.677. The number of benzene rings is 2. The van der Waals surface area contributed by atoms with Crippen molar-refractivity contribution in [2.24, 2.45) is 0 Å². The summed E-state index contributed by atoms with van der Waals surface area (Å²) in [5, 5.41) is 6.20. The van der Waals surface area contributed by atoms with E-state index in [0.717, 1.165) is 10.9 Å². The summed E-state index contributed by atoms with van der Waals surface area (Å²) < 4.78 is 6.53. The van der Waals surface area contributed by atoms with Crippen LogP contribution in [-0.4, -0.2) is 34.7 Å². The van der Waals surface area contributed by atoms with Crippen molar-refractivity contribution < 1.29 is 9.53 Å². The summed E-state index contributed by atoms with van der Waals surface area (Å²) in [6, 6.07) is 12.5. The van der Waals surface area contributed by atoms with Crippen molar-refractivity contribution >= 4 is 28.3 Å². The van der Waals surface area contributed by atoms with Gasteiger partial charge in [-0.05, 0) is 31.2 Å². The SMILES string of the molecule is COc1ccc(Cl)cc1CN(C)C(=O)Cn1nc(C)c2ccccc2c1=O. The summed E-state index contributed by atoms with van der Waals surface area (Å²) in [5.74, 6) is 0.414. The lowest BCUT2D eigenvalue weighted by molar-refractivity contribution is -0.131. The first kappa shape index (κ1) is 18.9. The van der Waals surface area contributed by atoms with Gasteiger partial charge in [-0.15, -0.1) is 0 Å². The topological polar surface area (TPSA) is 64.4 Å². The van der Waals surface area contributed by atoms with E-state index in [-0.39, 0.29) is 18.0 Å². The lowest BCUT2D eigenvalue weighted by Gasteiger charge is -2.19.